The third kappa shape index (κ3) is 6.79. The summed E-state index contributed by atoms with van der Waals surface area (Å²) < 4.78 is 0. The molecule has 0 aliphatic heterocycles. The molecule has 2 rings (SSSR count). The van der Waals surface area contributed by atoms with Crippen molar-refractivity contribution in [2.75, 3.05) is 0 Å². The Kier molecular flexibility index (Phi) is 8.17. The van der Waals surface area contributed by atoms with Crippen LogP contribution in [0, 0.1) is 19.8 Å². The molecule has 0 spiro atoms. The minimum Gasteiger partial charge on any atom is -0.290 e. The summed E-state index contributed by atoms with van der Waals surface area (Å²) in [6.07, 6.45) is 0.221. The molecular weight excluding hydrogens is 360 g/mol. The maximum Gasteiger partial charge on any atom is 0.373 e. The molecule has 0 amide bonds. The molecule has 1 unspecified atom stereocenters. The fraction of sp³-hybridized carbons (Fsp3) is 0.364. The highest BCUT2D eigenvalue weighted by atomic mass is 17.3. The number of benzene rings is 2. The Balaban J connectivity index is 1.93. The molecule has 0 saturated carbocycles. The Labute approximate surface area is 165 Å². The molecule has 0 aromatic heterocycles. The molecule has 6 nitrogen and oxygen atoms in total. The van der Waals surface area contributed by atoms with Crippen molar-refractivity contribution < 1.29 is 29.1 Å². The van der Waals surface area contributed by atoms with Gasteiger partial charge in [0.05, 0.1) is 11.1 Å². The SMILES string of the molecule is CCC(C)CC(OOC(=O)c1ccc(C)cc1)OOC(=O)c1ccc(C)cc1. The fourth-order valence-corrected chi connectivity index (χ4v) is 2.26. The summed E-state index contributed by atoms with van der Waals surface area (Å²) in [6.45, 7) is 7.84. The number of carbonyl (C=O) groups is 2. The number of hydrogen-bond donors (Lipinski definition) is 0. The van der Waals surface area contributed by atoms with Gasteiger partial charge in [-0.3, -0.25) is 9.78 Å². The number of rotatable bonds is 9. The van der Waals surface area contributed by atoms with E-state index in [0.29, 0.717) is 17.5 Å². The minimum absolute atomic E-state index is 0.209. The highest BCUT2D eigenvalue weighted by Crippen LogP contribution is 2.16. The molecule has 2 aromatic carbocycles. The van der Waals surface area contributed by atoms with Crippen LogP contribution in [0.25, 0.3) is 0 Å². The van der Waals surface area contributed by atoms with Crippen LogP contribution < -0.4 is 0 Å². The van der Waals surface area contributed by atoms with E-state index in [0.717, 1.165) is 17.5 Å². The second kappa shape index (κ2) is 10.6. The van der Waals surface area contributed by atoms with E-state index in [9.17, 15) is 9.59 Å². The summed E-state index contributed by atoms with van der Waals surface area (Å²) >= 11 is 0. The number of hydrogen-bond acceptors (Lipinski definition) is 6. The van der Waals surface area contributed by atoms with Crippen molar-refractivity contribution in [3.05, 3.63) is 70.8 Å². The van der Waals surface area contributed by atoms with Crippen LogP contribution in [0.2, 0.25) is 0 Å². The van der Waals surface area contributed by atoms with Gasteiger partial charge in [-0.1, -0.05) is 55.7 Å². The van der Waals surface area contributed by atoms with Crippen LogP contribution in [0.15, 0.2) is 48.5 Å². The van der Waals surface area contributed by atoms with E-state index in [1.54, 1.807) is 48.5 Å². The van der Waals surface area contributed by atoms with Crippen molar-refractivity contribution >= 4 is 11.9 Å². The highest BCUT2D eigenvalue weighted by molar-refractivity contribution is 5.89. The van der Waals surface area contributed by atoms with Crippen molar-refractivity contribution in [3.63, 3.8) is 0 Å². The summed E-state index contributed by atoms with van der Waals surface area (Å²) in [5, 5.41) is 0. The van der Waals surface area contributed by atoms with E-state index < -0.39 is 18.2 Å². The molecule has 0 saturated heterocycles. The Hall–Kier alpha value is -2.70. The van der Waals surface area contributed by atoms with Gasteiger partial charge in [-0.05, 0) is 44.0 Å². The fourth-order valence-electron chi connectivity index (χ4n) is 2.26. The first-order valence-corrected chi connectivity index (χ1v) is 9.27. The Morgan fingerprint density at radius 3 is 1.54 bits per heavy atom. The predicted molar refractivity (Wildman–Crippen MR) is 103 cm³/mol. The summed E-state index contributed by atoms with van der Waals surface area (Å²) in [4.78, 5) is 44.2. The lowest BCUT2D eigenvalue weighted by Crippen LogP contribution is -2.24. The van der Waals surface area contributed by atoms with E-state index in [1.807, 2.05) is 27.7 Å². The van der Waals surface area contributed by atoms with E-state index in [1.165, 1.54) is 0 Å². The van der Waals surface area contributed by atoms with Gasteiger partial charge in [0.1, 0.15) is 0 Å². The summed E-state index contributed by atoms with van der Waals surface area (Å²) in [7, 11) is 0. The molecule has 0 aliphatic carbocycles. The lowest BCUT2D eigenvalue weighted by atomic mass is 10.1. The largest absolute Gasteiger partial charge is 0.373 e. The third-order valence-electron chi connectivity index (χ3n) is 4.33. The van der Waals surface area contributed by atoms with E-state index >= 15 is 0 Å². The van der Waals surface area contributed by atoms with Crippen LogP contribution in [-0.2, 0) is 19.6 Å². The molecule has 150 valence electrons. The zero-order chi connectivity index (χ0) is 20.5. The van der Waals surface area contributed by atoms with Gasteiger partial charge < -0.3 is 0 Å². The monoisotopic (exact) mass is 386 g/mol. The standard InChI is InChI=1S/C22H26O6/c1-5-15(2)14-20(25-27-21(23)18-10-6-16(3)7-11-18)26-28-22(24)19-12-8-17(4)9-13-19/h6-13,15,20H,5,14H2,1-4H3. The molecule has 0 N–H and O–H groups in total. The van der Waals surface area contributed by atoms with Crippen molar-refractivity contribution in [2.45, 2.75) is 46.8 Å². The minimum atomic E-state index is -1.03. The molecule has 0 heterocycles. The summed E-state index contributed by atoms with van der Waals surface area (Å²) in [5.41, 5.74) is 2.76. The Morgan fingerprint density at radius 2 is 1.18 bits per heavy atom. The molecule has 6 heteroatoms. The average molecular weight is 386 g/mol. The Morgan fingerprint density at radius 1 is 0.786 bits per heavy atom. The van der Waals surface area contributed by atoms with Crippen molar-refractivity contribution in [3.8, 4) is 0 Å². The van der Waals surface area contributed by atoms with Gasteiger partial charge in [0.15, 0.2) is 0 Å². The average Bonchev–Trinajstić information content (AvgIpc) is 2.70. The van der Waals surface area contributed by atoms with Crippen molar-refractivity contribution in [1.29, 1.82) is 0 Å². The molecule has 0 fully saturated rings. The van der Waals surface area contributed by atoms with E-state index in [2.05, 4.69) is 0 Å². The third-order valence-corrected chi connectivity index (χ3v) is 4.33. The lowest BCUT2D eigenvalue weighted by molar-refractivity contribution is -0.423. The number of aryl methyl sites for hydroxylation is 2. The second-order valence-electron chi connectivity index (χ2n) is 6.84. The van der Waals surface area contributed by atoms with Gasteiger partial charge in [0.25, 0.3) is 0 Å². The lowest BCUT2D eigenvalue weighted by Gasteiger charge is -2.18. The molecule has 0 bridgehead atoms. The summed E-state index contributed by atoms with van der Waals surface area (Å²) in [6, 6.07) is 13.8. The van der Waals surface area contributed by atoms with Gasteiger partial charge in [0, 0.05) is 6.42 Å². The molecular formula is C22H26O6. The maximum atomic E-state index is 12.1. The molecule has 2 aromatic rings. The van der Waals surface area contributed by atoms with Crippen LogP contribution in [0.1, 0.15) is 58.5 Å². The highest BCUT2D eigenvalue weighted by Gasteiger charge is 2.21. The second-order valence-corrected chi connectivity index (χ2v) is 6.84. The maximum absolute atomic E-state index is 12.1. The summed E-state index contributed by atoms with van der Waals surface area (Å²) in [5.74, 6) is -1.09. The van der Waals surface area contributed by atoms with Crippen LogP contribution in [0.4, 0.5) is 0 Å². The van der Waals surface area contributed by atoms with Gasteiger partial charge in [0.2, 0.25) is 6.29 Å². The first-order chi connectivity index (χ1) is 13.4. The molecule has 1 atom stereocenters. The quantitative estimate of drug-likeness (QED) is 0.345. The first-order valence-electron chi connectivity index (χ1n) is 9.27. The van der Waals surface area contributed by atoms with Gasteiger partial charge in [-0.25, -0.2) is 9.59 Å². The zero-order valence-electron chi connectivity index (χ0n) is 16.6. The Bertz CT molecular complexity index is 705. The predicted octanol–water partition coefficient (Wildman–Crippen LogP) is 4.94. The van der Waals surface area contributed by atoms with E-state index in [-0.39, 0.29) is 5.92 Å². The molecule has 28 heavy (non-hydrogen) atoms. The van der Waals surface area contributed by atoms with Crippen molar-refractivity contribution in [2.24, 2.45) is 5.92 Å². The van der Waals surface area contributed by atoms with Gasteiger partial charge in [-0.2, -0.15) is 0 Å². The smallest absolute Gasteiger partial charge is 0.290 e. The topological polar surface area (TPSA) is 71.1 Å². The van der Waals surface area contributed by atoms with Crippen LogP contribution in [0.5, 0.6) is 0 Å². The van der Waals surface area contributed by atoms with Crippen LogP contribution >= 0.6 is 0 Å². The molecule has 0 radical (unpaired) electrons. The van der Waals surface area contributed by atoms with Crippen molar-refractivity contribution in [1.82, 2.24) is 0 Å². The van der Waals surface area contributed by atoms with Gasteiger partial charge >= 0.3 is 11.9 Å². The normalized spacial score (nSPS) is 11.9. The van der Waals surface area contributed by atoms with Gasteiger partial charge in [-0.15, -0.1) is 9.78 Å². The van der Waals surface area contributed by atoms with Crippen LogP contribution in [0.3, 0.4) is 0 Å². The van der Waals surface area contributed by atoms with E-state index in [4.69, 9.17) is 19.6 Å². The zero-order valence-corrected chi connectivity index (χ0v) is 16.6. The molecule has 0 aliphatic rings. The van der Waals surface area contributed by atoms with Crippen LogP contribution in [-0.4, -0.2) is 18.2 Å². The first kappa shape index (κ1) is 21.6. The number of carbonyl (C=O) groups excluding carboxylic acids is 2.